The maximum Gasteiger partial charge on any atom is 0.253 e. The zero-order valence-electron chi connectivity index (χ0n) is 20.0. The monoisotopic (exact) mass is 499 g/mol. The van der Waals surface area contributed by atoms with Crippen LogP contribution in [0.3, 0.4) is 0 Å². The quantitative estimate of drug-likeness (QED) is 0.424. The molecule has 2 aliphatic rings. The van der Waals surface area contributed by atoms with Gasteiger partial charge in [-0.05, 0) is 24.7 Å². The molecule has 3 atom stereocenters. The van der Waals surface area contributed by atoms with E-state index in [9.17, 15) is 19.2 Å². The predicted molar refractivity (Wildman–Crippen MR) is 133 cm³/mol. The van der Waals surface area contributed by atoms with E-state index in [0.717, 1.165) is 0 Å². The van der Waals surface area contributed by atoms with Crippen LogP contribution < -0.4 is 0 Å². The number of likely N-dealkylation sites (N-methyl/N-ethyl adjacent to an activating group) is 2. The molecule has 0 saturated carbocycles. The van der Waals surface area contributed by atoms with Gasteiger partial charge >= 0.3 is 0 Å². The minimum atomic E-state index is -0.444. The van der Waals surface area contributed by atoms with E-state index in [4.69, 9.17) is 30.0 Å². The standard InChI is InChI=1S/C23H37N3O5S2/c1-23(2)11-9-18(27)24(3)12-13-25(4)19(28)10-14-31-15-16(5-6-17(32)22(23)33)26-20(29)7-8-21(26)30/h7-8,16-17,22,32-33H,5-6,9-15H2,1-4H3. The summed E-state index contributed by atoms with van der Waals surface area (Å²) in [4.78, 5) is 54.0. The van der Waals surface area contributed by atoms with Gasteiger partial charge in [0.1, 0.15) is 0 Å². The zero-order valence-corrected chi connectivity index (χ0v) is 21.8. The summed E-state index contributed by atoms with van der Waals surface area (Å²) in [6.07, 6.45) is 4.87. The molecular formula is C23H37N3O5S2. The van der Waals surface area contributed by atoms with Crippen LogP contribution in [0.25, 0.3) is 0 Å². The van der Waals surface area contributed by atoms with Gasteiger partial charge in [-0.2, -0.15) is 25.3 Å². The smallest absolute Gasteiger partial charge is 0.253 e. The number of thiol groups is 2. The Hall–Kier alpha value is -1.52. The molecule has 4 amide bonds. The Morgan fingerprint density at radius 1 is 0.909 bits per heavy atom. The molecule has 2 aliphatic heterocycles. The average molecular weight is 500 g/mol. The number of hydrogen-bond acceptors (Lipinski definition) is 7. The fourth-order valence-electron chi connectivity index (χ4n) is 3.99. The average Bonchev–Trinajstić information content (AvgIpc) is 3.11. The van der Waals surface area contributed by atoms with Gasteiger partial charge in [0.15, 0.2) is 0 Å². The first-order valence-corrected chi connectivity index (χ1v) is 12.4. The van der Waals surface area contributed by atoms with E-state index in [2.05, 4.69) is 13.8 Å². The summed E-state index contributed by atoms with van der Waals surface area (Å²) in [5.74, 6) is -0.762. The summed E-state index contributed by atoms with van der Waals surface area (Å²) in [6, 6.07) is -0.444. The normalized spacial score (nSPS) is 29.4. The number of hydrogen-bond donors (Lipinski definition) is 2. The van der Waals surface area contributed by atoms with Gasteiger partial charge in [0.25, 0.3) is 11.8 Å². The van der Waals surface area contributed by atoms with Crippen molar-refractivity contribution in [3.63, 3.8) is 0 Å². The molecule has 3 unspecified atom stereocenters. The van der Waals surface area contributed by atoms with E-state index in [1.165, 1.54) is 17.1 Å². The molecule has 2 heterocycles. The minimum absolute atomic E-state index is 0.0308. The molecule has 186 valence electrons. The third-order valence-corrected chi connectivity index (χ3v) is 8.40. The van der Waals surface area contributed by atoms with Crippen LogP contribution >= 0.6 is 25.3 Å². The lowest BCUT2D eigenvalue weighted by Gasteiger charge is -2.36. The van der Waals surface area contributed by atoms with Crippen molar-refractivity contribution < 1.29 is 23.9 Å². The van der Waals surface area contributed by atoms with E-state index in [1.807, 2.05) is 0 Å². The van der Waals surface area contributed by atoms with Gasteiger partial charge in [0.2, 0.25) is 11.8 Å². The Morgan fingerprint density at radius 3 is 2.03 bits per heavy atom. The molecule has 33 heavy (non-hydrogen) atoms. The van der Waals surface area contributed by atoms with Crippen molar-refractivity contribution in [3.8, 4) is 0 Å². The van der Waals surface area contributed by atoms with Crippen LogP contribution in [0.15, 0.2) is 12.2 Å². The van der Waals surface area contributed by atoms with Gasteiger partial charge < -0.3 is 14.5 Å². The van der Waals surface area contributed by atoms with Gasteiger partial charge in [0.05, 0.1) is 25.7 Å². The Kier molecular flexibility index (Phi) is 10.3. The molecule has 8 nitrogen and oxygen atoms in total. The van der Waals surface area contributed by atoms with Crippen LogP contribution in [0.1, 0.15) is 46.0 Å². The maximum absolute atomic E-state index is 12.6. The van der Waals surface area contributed by atoms with Crippen LogP contribution in [-0.2, 0) is 23.9 Å². The largest absolute Gasteiger partial charge is 0.379 e. The molecule has 0 radical (unpaired) electrons. The molecule has 0 aliphatic carbocycles. The third-order valence-electron chi connectivity index (χ3n) is 6.55. The first-order chi connectivity index (χ1) is 15.4. The van der Waals surface area contributed by atoms with E-state index in [-0.39, 0.29) is 59.2 Å². The van der Waals surface area contributed by atoms with Crippen LogP contribution in [0.2, 0.25) is 0 Å². The number of amides is 4. The number of carbonyl (C=O) groups is 4. The minimum Gasteiger partial charge on any atom is -0.379 e. The lowest BCUT2D eigenvalue weighted by Crippen LogP contribution is -2.44. The van der Waals surface area contributed by atoms with Crippen molar-refractivity contribution >= 4 is 48.9 Å². The topological polar surface area (TPSA) is 87.2 Å². The van der Waals surface area contributed by atoms with Crippen molar-refractivity contribution in [2.45, 2.75) is 62.5 Å². The Labute approximate surface area is 207 Å². The highest BCUT2D eigenvalue weighted by atomic mass is 32.1. The van der Waals surface area contributed by atoms with Gasteiger partial charge in [-0.3, -0.25) is 24.1 Å². The van der Waals surface area contributed by atoms with Crippen LogP contribution in [0.4, 0.5) is 0 Å². The molecule has 0 aromatic heterocycles. The summed E-state index contributed by atoms with van der Waals surface area (Å²) in [5, 5.41) is -0.195. The molecule has 0 bridgehead atoms. The van der Waals surface area contributed by atoms with Gasteiger partial charge in [-0.25, -0.2) is 0 Å². The zero-order chi connectivity index (χ0) is 24.8. The Bertz CT molecular complexity index is 755. The Balaban J connectivity index is 2.16. The lowest BCUT2D eigenvalue weighted by molar-refractivity contribution is -0.142. The van der Waals surface area contributed by atoms with Gasteiger partial charge in [-0.15, -0.1) is 0 Å². The number of rotatable bonds is 1. The second-order valence-corrected chi connectivity index (χ2v) is 10.8. The fraction of sp³-hybridized carbons (Fsp3) is 0.739. The van der Waals surface area contributed by atoms with E-state index >= 15 is 0 Å². The van der Waals surface area contributed by atoms with Crippen molar-refractivity contribution in [3.05, 3.63) is 12.2 Å². The van der Waals surface area contributed by atoms with Crippen molar-refractivity contribution in [1.29, 1.82) is 0 Å². The third kappa shape index (κ3) is 7.75. The lowest BCUT2D eigenvalue weighted by atomic mass is 9.81. The second-order valence-electron chi connectivity index (χ2n) is 9.57. The summed E-state index contributed by atoms with van der Waals surface area (Å²) in [6.45, 7) is 5.38. The molecule has 1 fully saturated rings. The number of carbonyl (C=O) groups excluding carboxylic acids is 4. The fourth-order valence-corrected chi connectivity index (χ4v) is 4.82. The van der Waals surface area contributed by atoms with E-state index in [0.29, 0.717) is 38.8 Å². The summed E-state index contributed by atoms with van der Waals surface area (Å²) < 4.78 is 5.73. The maximum atomic E-state index is 12.6. The number of nitrogens with zero attached hydrogens (tertiary/aromatic N) is 3. The summed E-state index contributed by atoms with van der Waals surface area (Å²) in [5.41, 5.74) is -0.253. The first kappa shape index (κ1) is 27.7. The van der Waals surface area contributed by atoms with E-state index in [1.54, 1.807) is 23.9 Å². The molecule has 2 rings (SSSR count). The highest BCUT2D eigenvalue weighted by molar-refractivity contribution is 7.85. The van der Waals surface area contributed by atoms with Crippen LogP contribution in [-0.4, -0.2) is 95.3 Å². The van der Waals surface area contributed by atoms with E-state index < -0.39 is 6.04 Å². The van der Waals surface area contributed by atoms with Crippen molar-refractivity contribution in [1.82, 2.24) is 14.7 Å². The number of ether oxygens (including phenoxy) is 1. The Morgan fingerprint density at radius 2 is 1.45 bits per heavy atom. The van der Waals surface area contributed by atoms with Crippen LogP contribution in [0, 0.1) is 5.41 Å². The van der Waals surface area contributed by atoms with Crippen LogP contribution in [0.5, 0.6) is 0 Å². The highest BCUT2D eigenvalue weighted by Gasteiger charge is 2.35. The van der Waals surface area contributed by atoms with Gasteiger partial charge in [-0.1, -0.05) is 13.8 Å². The molecule has 0 N–H and O–H groups in total. The molecular weight excluding hydrogens is 462 g/mol. The number of imide groups is 1. The molecule has 0 spiro atoms. The second kappa shape index (κ2) is 12.3. The molecule has 1 saturated heterocycles. The predicted octanol–water partition coefficient (Wildman–Crippen LogP) is 1.80. The summed E-state index contributed by atoms with van der Waals surface area (Å²) in [7, 11) is 3.46. The molecule has 10 heteroatoms. The highest BCUT2D eigenvalue weighted by Crippen LogP contribution is 2.36. The first-order valence-electron chi connectivity index (χ1n) is 11.4. The van der Waals surface area contributed by atoms with Gasteiger partial charge in [0, 0.05) is 56.3 Å². The molecule has 0 aromatic carbocycles. The SMILES string of the molecule is CN1CCN(C)C(=O)CCC(C)(C)C(S)C(S)CCC(N2C(=O)C=CC2=O)COCCC1=O. The molecule has 0 aromatic rings. The van der Waals surface area contributed by atoms with Crippen molar-refractivity contribution in [2.24, 2.45) is 5.41 Å². The summed E-state index contributed by atoms with van der Waals surface area (Å²) >= 11 is 9.60. The van der Waals surface area contributed by atoms with Crippen molar-refractivity contribution in [2.75, 3.05) is 40.4 Å².